The Kier molecular flexibility index (Phi) is 7.41. The van der Waals surface area contributed by atoms with Gasteiger partial charge in [-0.3, -0.25) is 4.55 Å². The van der Waals surface area contributed by atoms with Gasteiger partial charge in [-0.2, -0.15) is 91.8 Å². The summed E-state index contributed by atoms with van der Waals surface area (Å²) in [5, 5.41) is -7.99. The van der Waals surface area contributed by atoms with Crippen LogP contribution >= 0.6 is 0 Å². The highest BCUT2D eigenvalue weighted by Gasteiger charge is 2.96. The van der Waals surface area contributed by atoms with Crippen molar-refractivity contribution in [1.29, 1.82) is 0 Å². The summed E-state index contributed by atoms with van der Waals surface area (Å²) in [6.45, 7) is 0. The molecule has 0 aliphatic heterocycles. The third-order valence-electron chi connectivity index (χ3n) is 3.69. The summed E-state index contributed by atoms with van der Waals surface area (Å²) < 4.78 is 286. The Balaban J connectivity index is 7.07. The molecule has 0 aromatic carbocycles. The lowest BCUT2D eigenvalue weighted by Gasteiger charge is -2.43. The first kappa shape index (κ1) is 32.5. The van der Waals surface area contributed by atoms with Gasteiger partial charge in [0.1, 0.15) is 0 Å². The molecule has 0 heterocycles. The smallest absolute Gasteiger partial charge is 0.281 e. The van der Waals surface area contributed by atoms with E-state index in [-0.39, 0.29) is 0 Å². The zero-order chi connectivity index (χ0) is 28.6. The molecule has 0 bridgehead atoms. The largest absolute Gasteiger partial charge is 0.438 e. The van der Waals surface area contributed by atoms with Crippen molar-refractivity contribution in [2.24, 2.45) is 0 Å². The molecule has 0 aromatic heterocycles. The van der Waals surface area contributed by atoms with Gasteiger partial charge in [0.05, 0.1) is 0 Å². The average Bonchev–Trinajstić information content (AvgIpc) is 2.57. The maximum atomic E-state index is 13.3. The van der Waals surface area contributed by atoms with E-state index in [4.69, 9.17) is 4.55 Å². The summed E-state index contributed by atoms with van der Waals surface area (Å²) in [5.41, 5.74) is 0. The molecule has 0 radical (unpaired) electrons. The lowest BCUT2D eigenvalue weighted by Crippen LogP contribution is -2.76. The van der Waals surface area contributed by atoms with Gasteiger partial charge in [-0.15, -0.1) is 0 Å². The fourth-order valence-corrected chi connectivity index (χ4v) is 2.16. The van der Waals surface area contributed by atoms with Crippen molar-refractivity contribution in [2.75, 3.05) is 0 Å². The Bertz CT molecular complexity index is 870. The topological polar surface area (TPSA) is 54.4 Å². The maximum Gasteiger partial charge on any atom is 0.438 e. The molecule has 1 N–H and O–H groups in total. The van der Waals surface area contributed by atoms with E-state index in [2.05, 4.69) is 0 Å². The molecule has 0 aliphatic carbocycles. The molecular weight excluding hydrogens is 580 g/mol. The number of alkyl halides is 20. The lowest BCUT2D eigenvalue weighted by atomic mass is 9.88. The third-order valence-corrected chi connectivity index (χ3v) is 4.59. The zero-order valence-electron chi connectivity index (χ0n) is 14.3. The first-order chi connectivity index (χ1) is 14.2. The number of hydrogen-bond acceptors (Lipinski definition) is 2. The van der Waals surface area contributed by atoms with Gasteiger partial charge in [-0.1, -0.05) is 0 Å². The highest BCUT2D eigenvalue weighted by Crippen LogP contribution is 2.65. The van der Waals surface area contributed by atoms with Crippen LogP contribution in [-0.4, -0.2) is 72.0 Å². The number of hydrogen-bond donors (Lipinski definition) is 1. The number of rotatable bonds is 9. The molecule has 0 saturated carbocycles. The molecule has 0 aliphatic rings. The van der Waals surface area contributed by atoms with Gasteiger partial charge in [-0.05, 0) is 0 Å². The molecule has 3 nitrogen and oxygen atoms in total. The van der Waals surface area contributed by atoms with Crippen LogP contribution in [0.2, 0.25) is 0 Å². The number of halogens is 20. The molecule has 0 spiro atoms. The molecule has 24 heteroatoms. The third kappa shape index (κ3) is 3.90. The van der Waals surface area contributed by atoms with E-state index >= 15 is 0 Å². The molecule has 0 fully saturated rings. The predicted octanol–water partition coefficient (Wildman–Crippen LogP) is 5.81. The summed E-state index contributed by atoms with van der Waals surface area (Å²) in [4.78, 5) is 0. The van der Waals surface area contributed by atoms with Gasteiger partial charge < -0.3 is 0 Å². The summed E-state index contributed by atoms with van der Waals surface area (Å²) in [6, 6.07) is 0. The highest BCUT2D eigenvalue weighted by atomic mass is 32.2. The van der Waals surface area contributed by atoms with Crippen LogP contribution in [0.25, 0.3) is 0 Å². The molecule has 206 valence electrons. The minimum atomic E-state index is -9.19. The molecule has 0 saturated heterocycles. The van der Waals surface area contributed by atoms with Crippen molar-refractivity contribution in [3.8, 4) is 0 Å². The van der Waals surface area contributed by atoms with Crippen LogP contribution in [0.5, 0.6) is 0 Å². The second-order valence-corrected chi connectivity index (χ2v) is 7.43. The van der Waals surface area contributed by atoms with Gasteiger partial charge in [0.15, 0.2) is 0 Å². The summed E-state index contributed by atoms with van der Waals surface area (Å²) in [6.07, 6.45) is -14.0. The summed E-state index contributed by atoms with van der Waals surface area (Å²) in [7, 11) is -8.04. The molecule has 0 amide bonds. The Morgan fingerprint density at radius 1 is 0.471 bits per heavy atom. The van der Waals surface area contributed by atoms with Crippen LogP contribution < -0.4 is 0 Å². The Labute approximate surface area is 171 Å². The highest BCUT2D eigenvalue weighted by molar-refractivity contribution is 7.87. The van der Waals surface area contributed by atoms with Crippen LogP contribution in [0, 0.1) is 0 Å². The average molecular weight is 582 g/mol. The van der Waals surface area contributed by atoms with Crippen molar-refractivity contribution in [1.82, 2.24) is 0 Å². The van der Waals surface area contributed by atoms with Crippen molar-refractivity contribution in [3.63, 3.8) is 0 Å². The van der Waals surface area contributed by atoms with Crippen LogP contribution in [-0.2, 0) is 10.1 Å². The van der Waals surface area contributed by atoms with E-state index in [1.165, 1.54) is 0 Å². The van der Waals surface area contributed by atoms with Crippen LogP contribution in [0.1, 0.15) is 0 Å². The second kappa shape index (κ2) is 7.75. The first-order valence-electron chi connectivity index (χ1n) is 6.86. The monoisotopic (exact) mass is 582 g/mol. The van der Waals surface area contributed by atoms with Crippen molar-refractivity contribution in [2.45, 2.75) is 59.1 Å². The fourth-order valence-electron chi connectivity index (χ4n) is 1.71. The van der Waals surface area contributed by atoms with Gasteiger partial charge in [0, 0.05) is 0 Å². The van der Waals surface area contributed by atoms with Crippen LogP contribution in [0.15, 0.2) is 0 Å². The minimum Gasteiger partial charge on any atom is -0.281 e. The fraction of sp³-hybridized carbons (Fsp3) is 1.00. The van der Waals surface area contributed by atoms with E-state index in [9.17, 15) is 96.2 Å². The van der Waals surface area contributed by atoms with Crippen LogP contribution in [0.3, 0.4) is 0 Å². The quantitative estimate of drug-likeness (QED) is 0.276. The first-order valence-corrected chi connectivity index (χ1v) is 8.30. The second-order valence-electron chi connectivity index (χ2n) is 5.97. The normalized spacial score (nSPS) is 17.7. The SMILES string of the molecule is O=S(=O)(O)C(F)(F)C(F)(F)C(F)(F)C(F)(F)C(F)(F)C(F)(F)C(F)(F)C(F)(F)C(F)C(F)(F)F. The Morgan fingerprint density at radius 3 is 0.941 bits per heavy atom. The molecule has 0 rings (SSSR count). The van der Waals surface area contributed by atoms with Crippen molar-refractivity contribution in [3.05, 3.63) is 0 Å². The molecular formula is C10H2F20O3S. The van der Waals surface area contributed by atoms with Crippen molar-refractivity contribution >= 4 is 10.1 Å². The van der Waals surface area contributed by atoms with E-state index < -0.39 is 69.2 Å². The lowest BCUT2D eigenvalue weighted by molar-refractivity contribution is -0.455. The predicted molar refractivity (Wildman–Crippen MR) is 62.1 cm³/mol. The zero-order valence-corrected chi connectivity index (χ0v) is 15.1. The maximum absolute atomic E-state index is 13.3. The van der Waals surface area contributed by atoms with E-state index in [1.807, 2.05) is 0 Å². The Morgan fingerprint density at radius 2 is 0.706 bits per heavy atom. The molecule has 1 atom stereocenters. The van der Waals surface area contributed by atoms with E-state index in [0.717, 1.165) is 0 Å². The van der Waals surface area contributed by atoms with Gasteiger partial charge in [-0.25, -0.2) is 4.39 Å². The molecule has 0 aromatic rings. The van der Waals surface area contributed by atoms with E-state index in [1.54, 1.807) is 0 Å². The summed E-state index contributed by atoms with van der Waals surface area (Å²) >= 11 is 0. The molecule has 34 heavy (non-hydrogen) atoms. The van der Waals surface area contributed by atoms with Gasteiger partial charge in [0.25, 0.3) is 6.17 Å². The van der Waals surface area contributed by atoms with Crippen LogP contribution in [0.4, 0.5) is 87.8 Å². The van der Waals surface area contributed by atoms with Crippen molar-refractivity contribution < 1.29 is 101 Å². The Hall–Kier alpha value is -1.49. The van der Waals surface area contributed by atoms with E-state index in [0.29, 0.717) is 0 Å². The standard InChI is InChI=1S/C10H2F20O3S/c11-1(3(14,15)16)2(12,13)4(17,18)5(19,20)6(21,22)7(23,24)8(25,26)9(27,28)10(29,30)34(31,32)33/h1H,(H,31,32,33). The molecule has 1 unspecified atom stereocenters. The minimum absolute atomic E-state index is 6.61. The van der Waals surface area contributed by atoms with Gasteiger partial charge >= 0.3 is 63.0 Å². The summed E-state index contributed by atoms with van der Waals surface area (Å²) in [5.74, 6) is -62.1. The van der Waals surface area contributed by atoms with Gasteiger partial charge in [0.2, 0.25) is 0 Å².